The van der Waals surface area contributed by atoms with Gasteiger partial charge in [-0.2, -0.15) is 13.2 Å². The summed E-state index contributed by atoms with van der Waals surface area (Å²) in [5, 5.41) is 0. The summed E-state index contributed by atoms with van der Waals surface area (Å²) in [6.45, 7) is 0.730. The summed E-state index contributed by atoms with van der Waals surface area (Å²) >= 11 is 3.00. The van der Waals surface area contributed by atoms with Crippen molar-refractivity contribution in [2.45, 2.75) is 18.7 Å². The predicted molar refractivity (Wildman–Crippen MR) is 70.5 cm³/mol. The number of nitrogens with zero attached hydrogens (tertiary/aromatic N) is 1. The Morgan fingerprint density at radius 2 is 2.15 bits per heavy atom. The Hall–Kier alpha value is -1.08. The molecule has 0 saturated carbocycles. The smallest absolute Gasteiger partial charge is 0.380 e. The van der Waals surface area contributed by atoms with Crippen LogP contribution in [0.25, 0.3) is 0 Å². The SMILES string of the molecule is COC1CCN(C(=O)c2ccc(Br)cc2C(F)(F)F)C1. The highest BCUT2D eigenvalue weighted by Crippen LogP contribution is 2.34. The van der Waals surface area contributed by atoms with Crippen molar-refractivity contribution in [2.24, 2.45) is 0 Å². The van der Waals surface area contributed by atoms with Gasteiger partial charge in [0.25, 0.3) is 5.91 Å². The molecule has 110 valence electrons. The summed E-state index contributed by atoms with van der Waals surface area (Å²) in [4.78, 5) is 13.6. The first-order valence-electron chi connectivity index (χ1n) is 6.01. The monoisotopic (exact) mass is 351 g/mol. The van der Waals surface area contributed by atoms with Crippen LogP contribution in [0.4, 0.5) is 13.2 Å². The summed E-state index contributed by atoms with van der Waals surface area (Å²) in [5.74, 6) is -0.607. The molecule has 2 rings (SSSR count). The van der Waals surface area contributed by atoms with Gasteiger partial charge in [0.05, 0.1) is 17.2 Å². The number of benzene rings is 1. The van der Waals surface area contributed by atoms with Crippen LogP contribution in [0.1, 0.15) is 22.3 Å². The zero-order chi connectivity index (χ0) is 14.9. The second-order valence-corrected chi connectivity index (χ2v) is 5.50. The van der Waals surface area contributed by atoms with Crippen LogP contribution in [0.2, 0.25) is 0 Å². The molecule has 1 aliphatic heterocycles. The lowest BCUT2D eigenvalue weighted by Gasteiger charge is -2.19. The number of rotatable bonds is 2. The van der Waals surface area contributed by atoms with E-state index in [2.05, 4.69) is 15.9 Å². The molecule has 0 aliphatic carbocycles. The van der Waals surface area contributed by atoms with Gasteiger partial charge >= 0.3 is 6.18 Å². The zero-order valence-corrected chi connectivity index (χ0v) is 12.3. The number of likely N-dealkylation sites (tertiary alicyclic amines) is 1. The second-order valence-electron chi connectivity index (χ2n) is 4.59. The Balaban J connectivity index is 2.31. The molecule has 0 N–H and O–H groups in total. The third-order valence-electron chi connectivity index (χ3n) is 3.28. The van der Waals surface area contributed by atoms with E-state index in [0.717, 1.165) is 6.07 Å². The Morgan fingerprint density at radius 3 is 2.70 bits per heavy atom. The zero-order valence-electron chi connectivity index (χ0n) is 10.7. The lowest BCUT2D eigenvalue weighted by molar-refractivity contribution is -0.138. The molecule has 1 saturated heterocycles. The van der Waals surface area contributed by atoms with Gasteiger partial charge in [-0.3, -0.25) is 4.79 Å². The third-order valence-corrected chi connectivity index (χ3v) is 3.78. The number of ether oxygens (including phenoxy) is 1. The van der Waals surface area contributed by atoms with Gasteiger partial charge in [0.2, 0.25) is 0 Å². The van der Waals surface area contributed by atoms with E-state index in [-0.39, 0.29) is 16.1 Å². The molecule has 7 heteroatoms. The lowest BCUT2D eigenvalue weighted by Crippen LogP contribution is -2.31. The summed E-state index contributed by atoms with van der Waals surface area (Å²) in [6.07, 6.45) is -4.03. The largest absolute Gasteiger partial charge is 0.417 e. The van der Waals surface area contributed by atoms with Gasteiger partial charge in [-0.25, -0.2) is 0 Å². The van der Waals surface area contributed by atoms with E-state index >= 15 is 0 Å². The maximum Gasteiger partial charge on any atom is 0.417 e. The van der Waals surface area contributed by atoms with Gasteiger partial charge in [0, 0.05) is 24.7 Å². The quantitative estimate of drug-likeness (QED) is 0.817. The fraction of sp³-hybridized carbons (Fsp3) is 0.462. The molecule has 0 bridgehead atoms. The van der Waals surface area contributed by atoms with Crippen molar-refractivity contribution in [3.8, 4) is 0 Å². The van der Waals surface area contributed by atoms with Crippen LogP contribution in [0.15, 0.2) is 22.7 Å². The van der Waals surface area contributed by atoms with Crippen molar-refractivity contribution in [3.63, 3.8) is 0 Å². The number of amides is 1. The van der Waals surface area contributed by atoms with Crippen LogP contribution in [-0.2, 0) is 10.9 Å². The van der Waals surface area contributed by atoms with Gasteiger partial charge in [0.15, 0.2) is 0 Å². The molecule has 1 heterocycles. The third kappa shape index (κ3) is 3.15. The Kier molecular flexibility index (Phi) is 4.39. The lowest BCUT2D eigenvalue weighted by atomic mass is 10.1. The van der Waals surface area contributed by atoms with E-state index in [1.807, 2.05) is 0 Å². The molecule has 0 spiro atoms. The normalized spacial score (nSPS) is 19.4. The molecule has 3 nitrogen and oxygen atoms in total. The molecule has 1 unspecified atom stereocenters. The number of alkyl halides is 3. The van der Waals surface area contributed by atoms with E-state index in [4.69, 9.17) is 4.74 Å². The number of hydrogen-bond donors (Lipinski definition) is 0. The van der Waals surface area contributed by atoms with E-state index in [9.17, 15) is 18.0 Å². The Labute approximate surface area is 122 Å². The van der Waals surface area contributed by atoms with E-state index < -0.39 is 17.6 Å². The number of carbonyl (C=O) groups is 1. The van der Waals surface area contributed by atoms with Crippen LogP contribution in [0, 0.1) is 0 Å². The van der Waals surface area contributed by atoms with E-state index in [0.29, 0.717) is 19.5 Å². The molecule has 1 amide bonds. The Morgan fingerprint density at radius 1 is 1.45 bits per heavy atom. The molecule has 1 aromatic rings. The van der Waals surface area contributed by atoms with Crippen molar-refractivity contribution < 1.29 is 22.7 Å². The van der Waals surface area contributed by atoms with Crippen molar-refractivity contribution >= 4 is 21.8 Å². The summed E-state index contributed by atoms with van der Waals surface area (Å²) < 4.78 is 44.4. The molecule has 1 atom stereocenters. The van der Waals surface area contributed by atoms with Crippen LogP contribution >= 0.6 is 15.9 Å². The van der Waals surface area contributed by atoms with Crippen LogP contribution in [-0.4, -0.2) is 37.1 Å². The summed E-state index contributed by atoms with van der Waals surface area (Å²) in [7, 11) is 1.53. The maximum atomic E-state index is 13.0. The van der Waals surface area contributed by atoms with E-state index in [1.165, 1.54) is 24.1 Å². The molecule has 1 aliphatic rings. The van der Waals surface area contributed by atoms with Gasteiger partial charge in [-0.1, -0.05) is 15.9 Å². The van der Waals surface area contributed by atoms with E-state index in [1.54, 1.807) is 0 Å². The van der Waals surface area contributed by atoms with Gasteiger partial charge in [0.1, 0.15) is 0 Å². The average molecular weight is 352 g/mol. The Bertz CT molecular complexity index is 519. The highest BCUT2D eigenvalue weighted by atomic mass is 79.9. The minimum absolute atomic E-state index is 0.108. The molecule has 20 heavy (non-hydrogen) atoms. The fourth-order valence-corrected chi connectivity index (χ4v) is 2.57. The first-order chi connectivity index (χ1) is 9.32. The van der Waals surface area contributed by atoms with Gasteiger partial charge in [-0.15, -0.1) is 0 Å². The van der Waals surface area contributed by atoms with Crippen LogP contribution in [0.3, 0.4) is 0 Å². The minimum atomic E-state index is -4.56. The predicted octanol–water partition coefficient (Wildman–Crippen LogP) is 3.33. The summed E-state index contributed by atoms with van der Waals surface area (Å²) in [6, 6.07) is 3.57. The van der Waals surface area contributed by atoms with Crippen molar-refractivity contribution in [3.05, 3.63) is 33.8 Å². The molecule has 0 radical (unpaired) electrons. The number of hydrogen-bond acceptors (Lipinski definition) is 2. The van der Waals surface area contributed by atoms with Crippen LogP contribution in [0.5, 0.6) is 0 Å². The van der Waals surface area contributed by atoms with Crippen LogP contribution < -0.4 is 0 Å². The van der Waals surface area contributed by atoms with Gasteiger partial charge < -0.3 is 9.64 Å². The average Bonchev–Trinajstić information content (AvgIpc) is 2.85. The van der Waals surface area contributed by atoms with Crippen molar-refractivity contribution in [1.29, 1.82) is 0 Å². The maximum absolute atomic E-state index is 13.0. The standard InChI is InChI=1S/C13H13BrF3NO2/c1-20-9-4-5-18(7-9)12(19)10-3-2-8(14)6-11(10)13(15,16)17/h2-3,6,9H,4-5,7H2,1H3. The topological polar surface area (TPSA) is 29.5 Å². The minimum Gasteiger partial charge on any atom is -0.380 e. The molecular weight excluding hydrogens is 339 g/mol. The fourth-order valence-electron chi connectivity index (χ4n) is 2.21. The molecule has 1 aromatic carbocycles. The second kappa shape index (κ2) is 5.73. The number of carbonyl (C=O) groups excluding carboxylic acids is 1. The highest BCUT2D eigenvalue weighted by molar-refractivity contribution is 9.10. The summed E-state index contributed by atoms with van der Waals surface area (Å²) in [5.41, 5.74) is -1.24. The first-order valence-corrected chi connectivity index (χ1v) is 6.81. The molecular formula is C13H13BrF3NO2. The number of halogens is 4. The molecule has 1 fully saturated rings. The number of methoxy groups -OCH3 is 1. The van der Waals surface area contributed by atoms with Crippen molar-refractivity contribution in [2.75, 3.05) is 20.2 Å². The highest BCUT2D eigenvalue weighted by Gasteiger charge is 2.37. The van der Waals surface area contributed by atoms with Gasteiger partial charge in [-0.05, 0) is 24.6 Å². The molecule has 0 aromatic heterocycles. The van der Waals surface area contributed by atoms with Crippen molar-refractivity contribution in [1.82, 2.24) is 4.90 Å². The first kappa shape index (κ1) is 15.3.